The number of pyridine rings is 1. The molecule has 0 saturated heterocycles. The summed E-state index contributed by atoms with van der Waals surface area (Å²) in [7, 11) is 0. The SMILES string of the molecule is CC(Oc1cccnc1[N+](=O)[O-])C(=O)NC1(C#N)CCCCC1. The van der Waals surface area contributed by atoms with E-state index in [2.05, 4.69) is 16.4 Å². The molecule has 1 aliphatic rings. The van der Waals surface area contributed by atoms with Crippen molar-refractivity contribution in [2.45, 2.75) is 50.7 Å². The van der Waals surface area contributed by atoms with Crippen LogP contribution in [0.1, 0.15) is 39.0 Å². The molecular weight excluding hydrogens is 300 g/mol. The first-order valence-corrected chi connectivity index (χ1v) is 7.47. The predicted molar refractivity (Wildman–Crippen MR) is 80.6 cm³/mol. The first-order chi connectivity index (χ1) is 11.0. The van der Waals surface area contributed by atoms with Crippen LogP contribution in [0.4, 0.5) is 5.82 Å². The van der Waals surface area contributed by atoms with Crippen molar-refractivity contribution in [1.82, 2.24) is 10.3 Å². The summed E-state index contributed by atoms with van der Waals surface area (Å²) in [6.07, 6.45) is 4.35. The van der Waals surface area contributed by atoms with Crippen molar-refractivity contribution in [3.63, 3.8) is 0 Å². The maximum absolute atomic E-state index is 12.3. The minimum Gasteiger partial charge on any atom is -0.473 e. The summed E-state index contributed by atoms with van der Waals surface area (Å²) < 4.78 is 5.37. The summed E-state index contributed by atoms with van der Waals surface area (Å²) in [4.78, 5) is 26.1. The first kappa shape index (κ1) is 16.7. The van der Waals surface area contributed by atoms with E-state index in [-0.39, 0.29) is 5.75 Å². The van der Waals surface area contributed by atoms with Crippen molar-refractivity contribution < 1.29 is 14.5 Å². The number of nitro groups is 1. The van der Waals surface area contributed by atoms with Crippen molar-refractivity contribution in [1.29, 1.82) is 5.26 Å². The highest BCUT2D eigenvalue weighted by molar-refractivity contribution is 5.82. The average molecular weight is 318 g/mol. The Bertz CT molecular complexity index is 635. The molecule has 0 spiro atoms. The number of hydrogen-bond acceptors (Lipinski definition) is 6. The summed E-state index contributed by atoms with van der Waals surface area (Å²) >= 11 is 0. The smallest absolute Gasteiger partial charge is 0.406 e. The highest BCUT2D eigenvalue weighted by Crippen LogP contribution is 2.28. The lowest BCUT2D eigenvalue weighted by molar-refractivity contribution is -0.390. The fourth-order valence-corrected chi connectivity index (χ4v) is 2.61. The molecule has 2 rings (SSSR count). The number of carbonyl (C=O) groups is 1. The van der Waals surface area contributed by atoms with Gasteiger partial charge < -0.3 is 20.2 Å². The van der Waals surface area contributed by atoms with Gasteiger partial charge in [0, 0.05) is 0 Å². The van der Waals surface area contributed by atoms with Gasteiger partial charge in [0.05, 0.1) is 6.07 Å². The standard InChI is InChI=1S/C15H18N4O4/c1-11(23-12-6-5-9-17-13(12)19(21)22)14(20)18-15(10-16)7-3-2-4-8-15/h5-6,9,11H,2-4,7-8H2,1H3,(H,18,20). The van der Waals surface area contributed by atoms with Gasteiger partial charge in [-0.1, -0.05) is 19.3 Å². The summed E-state index contributed by atoms with van der Waals surface area (Å²) in [5.74, 6) is -0.985. The molecule has 1 aromatic heterocycles. The van der Waals surface area contributed by atoms with Crippen LogP contribution in [-0.4, -0.2) is 27.5 Å². The Morgan fingerprint density at radius 3 is 2.83 bits per heavy atom. The molecule has 1 heterocycles. The lowest BCUT2D eigenvalue weighted by Gasteiger charge is -2.32. The number of hydrogen-bond donors (Lipinski definition) is 1. The number of amides is 1. The van der Waals surface area contributed by atoms with Crippen LogP contribution in [0.3, 0.4) is 0 Å². The van der Waals surface area contributed by atoms with Gasteiger partial charge in [-0.3, -0.25) is 4.79 Å². The average Bonchev–Trinajstić information content (AvgIpc) is 2.56. The fraction of sp³-hybridized carbons (Fsp3) is 0.533. The third kappa shape index (κ3) is 3.94. The van der Waals surface area contributed by atoms with Crippen molar-refractivity contribution in [2.24, 2.45) is 0 Å². The molecule has 1 fully saturated rings. The highest BCUT2D eigenvalue weighted by Gasteiger charge is 2.35. The summed E-state index contributed by atoms with van der Waals surface area (Å²) in [5, 5.41) is 23.0. The molecule has 1 saturated carbocycles. The molecule has 8 nitrogen and oxygen atoms in total. The molecule has 1 amide bonds. The van der Waals surface area contributed by atoms with Crippen molar-refractivity contribution in [3.05, 3.63) is 28.4 Å². The van der Waals surface area contributed by atoms with Crippen LogP contribution in [0.2, 0.25) is 0 Å². The molecule has 8 heteroatoms. The zero-order valence-corrected chi connectivity index (χ0v) is 12.8. The maximum atomic E-state index is 12.3. The van der Waals surface area contributed by atoms with E-state index < -0.39 is 28.3 Å². The monoisotopic (exact) mass is 318 g/mol. The van der Waals surface area contributed by atoms with E-state index in [0.29, 0.717) is 12.8 Å². The first-order valence-electron chi connectivity index (χ1n) is 7.47. The zero-order valence-electron chi connectivity index (χ0n) is 12.8. The highest BCUT2D eigenvalue weighted by atomic mass is 16.6. The Kier molecular flexibility index (Phi) is 5.11. The van der Waals surface area contributed by atoms with Gasteiger partial charge in [0.15, 0.2) is 6.10 Å². The summed E-state index contributed by atoms with van der Waals surface area (Å²) in [6.45, 7) is 1.49. The van der Waals surface area contributed by atoms with Crippen molar-refractivity contribution in [3.8, 4) is 11.8 Å². The van der Waals surface area contributed by atoms with Gasteiger partial charge >= 0.3 is 5.82 Å². The molecule has 1 unspecified atom stereocenters. The van der Waals surface area contributed by atoms with E-state index in [4.69, 9.17) is 4.74 Å². The molecule has 23 heavy (non-hydrogen) atoms. The van der Waals surface area contributed by atoms with Gasteiger partial charge in [-0.15, -0.1) is 0 Å². The Morgan fingerprint density at radius 1 is 1.52 bits per heavy atom. The Balaban J connectivity index is 2.06. The number of rotatable bonds is 5. The van der Waals surface area contributed by atoms with E-state index in [9.17, 15) is 20.2 Å². The second-order valence-corrected chi connectivity index (χ2v) is 5.59. The quantitative estimate of drug-likeness (QED) is 0.656. The lowest BCUT2D eigenvalue weighted by atomic mass is 9.83. The number of nitrogens with one attached hydrogen (secondary N) is 1. The minimum absolute atomic E-state index is 0.0743. The van der Waals surface area contributed by atoms with Crippen molar-refractivity contribution >= 4 is 11.7 Å². The van der Waals surface area contributed by atoms with E-state index >= 15 is 0 Å². The number of aromatic nitrogens is 1. The van der Waals surface area contributed by atoms with Crippen LogP contribution in [-0.2, 0) is 4.79 Å². The van der Waals surface area contributed by atoms with Crippen molar-refractivity contribution in [2.75, 3.05) is 0 Å². The number of carbonyl (C=O) groups excluding carboxylic acids is 1. The van der Waals surface area contributed by atoms with Gasteiger partial charge in [-0.2, -0.15) is 5.26 Å². The van der Waals surface area contributed by atoms with E-state index in [1.165, 1.54) is 25.3 Å². The van der Waals surface area contributed by atoms with E-state index in [1.54, 1.807) is 0 Å². The molecule has 1 atom stereocenters. The summed E-state index contributed by atoms with van der Waals surface area (Å²) in [6, 6.07) is 5.06. The molecular formula is C15H18N4O4. The van der Waals surface area contributed by atoms with Gasteiger partial charge in [0.25, 0.3) is 5.91 Å². The Labute approximate surface area is 133 Å². The third-order valence-corrected chi connectivity index (χ3v) is 3.88. The van der Waals surface area contributed by atoms with E-state index in [0.717, 1.165) is 19.3 Å². The van der Waals surface area contributed by atoms with Crippen LogP contribution in [0.25, 0.3) is 0 Å². The molecule has 0 aromatic carbocycles. The second kappa shape index (κ2) is 7.05. The van der Waals surface area contributed by atoms with Crippen LogP contribution >= 0.6 is 0 Å². The van der Waals surface area contributed by atoms with Gasteiger partial charge in [-0.25, -0.2) is 0 Å². The van der Waals surface area contributed by atoms with Gasteiger partial charge in [0.2, 0.25) is 5.75 Å². The molecule has 1 aromatic rings. The Morgan fingerprint density at radius 2 is 2.22 bits per heavy atom. The Hall–Kier alpha value is -2.69. The maximum Gasteiger partial charge on any atom is 0.406 e. The molecule has 122 valence electrons. The molecule has 0 aliphatic heterocycles. The summed E-state index contributed by atoms with van der Waals surface area (Å²) in [5.41, 5.74) is -0.867. The topological polar surface area (TPSA) is 118 Å². The number of ether oxygens (including phenoxy) is 1. The largest absolute Gasteiger partial charge is 0.473 e. The molecule has 1 N–H and O–H groups in total. The van der Waals surface area contributed by atoms with E-state index in [1.807, 2.05) is 0 Å². The lowest BCUT2D eigenvalue weighted by Crippen LogP contribution is -2.52. The van der Waals surface area contributed by atoms with Gasteiger partial charge in [-0.05, 0) is 41.8 Å². The van der Waals surface area contributed by atoms with Crippen LogP contribution < -0.4 is 10.1 Å². The zero-order chi connectivity index (χ0) is 16.9. The van der Waals surface area contributed by atoms with Crippen LogP contribution in [0.5, 0.6) is 5.75 Å². The van der Waals surface area contributed by atoms with Gasteiger partial charge in [0.1, 0.15) is 11.7 Å². The fourth-order valence-electron chi connectivity index (χ4n) is 2.61. The predicted octanol–water partition coefficient (Wildman–Crippen LogP) is 2.10. The second-order valence-electron chi connectivity index (χ2n) is 5.59. The molecule has 1 aliphatic carbocycles. The molecule has 0 radical (unpaired) electrons. The third-order valence-electron chi connectivity index (χ3n) is 3.88. The molecule has 0 bridgehead atoms. The normalized spacial score (nSPS) is 17.6. The number of nitrogens with zero attached hydrogens (tertiary/aromatic N) is 3. The van der Waals surface area contributed by atoms with Crippen LogP contribution in [0, 0.1) is 21.4 Å². The number of nitriles is 1. The van der Waals surface area contributed by atoms with Crippen LogP contribution in [0.15, 0.2) is 18.3 Å². The minimum atomic E-state index is -0.968.